The summed E-state index contributed by atoms with van der Waals surface area (Å²) in [6.45, 7) is 0.178. The van der Waals surface area contributed by atoms with Crippen LogP contribution >= 0.6 is 11.6 Å². The molecule has 2 heterocycles. The molecule has 2 aliphatic rings. The summed E-state index contributed by atoms with van der Waals surface area (Å²) in [5, 5.41) is 1.14. The summed E-state index contributed by atoms with van der Waals surface area (Å²) in [5.74, 6) is 1.12. The summed E-state index contributed by atoms with van der Waals surface area (Å²) >= 11 is 6.27. The molecule has 5 heteroatoms. The van der Waals surface area contributed by atoms with Crippen molar-refractivity contribution in [1.29, 1.82) is 0 Å². The van der Waals surface area contributed by atoms with E-state index in [1.165, 1.54) is 0 Å². The standard InChI is InChI=1S/C17H8ClNO3/c18-17-15-14(8-3-1-2-4-11(8)19-17)9-5-12-13(22-7-21-12)6-10(9)16(15)20/h1-6H,7H2. The van der Waals surface area contributed by atoms with Crippen LogP contribution in [-0.2, 0) is 0 Å². The van der Waals surface area contributed by atoms with Crippen LogP contribution in [0.4, 0.5) is 0 Å². The number of para-hydroxylation sites is 1. The highest BCUT2D eigenvalue weighted by Gasteiger charge is 2.34. The Morgan fingerprint density at radius 1 is 1.00 bits per heavy atom. The third-order valence-corrected chi connectivity index (χ3v) is 4.38. The Hall–Kier alpha value is -2.59. The van der Waals surface area contributed by atoms with E-state index in [1.807, 2.05) is 30.3 Å². The molecule has 0 saturated heterocycles. The lowest BCUT2D eigenvalue weighted by molar-refractivity contribution is 0.104. The fraction of sp³-hybridized carbons (Fsp3) is 0.0588. The van der Waals surface area contributed by atoms with Crippen molar-refractivity contribution in [3.63, 3.8) is 0 Å². The van der Waals surface area contributed by atoms with E-state index in [4.69, 9.17) is 21.1 Å². The molecule has 2 aromatic carbocycles. The van der Waals surface area contributed by atoms with Crippen LogP contribution in [0, 0.1) is 0 Å². The van der Waals surface area contributed by atoms with Crippen LogP contribution < -0.4 is 9.47 Å². The molecule has 0 atom stereocenters. The molecule has 0 bridgehead atoms. The van der Waals surface area contributed by atoms with E-state index in [1.54, 1.807) is 6.07 Å². The molecule has 106 valence electrons. The smallest absolute Gasteiger partial charge is 0.231 e. The fourth-order valence-corrected chi connectivity index (χ4v) is 3.41. The molecule has 1 aromatic heterocycles. The molecule has 0 N–H and O–H groups in total. The van der Waals surface area contributed by atoms with Gasteiger partial charge in [-0.15, -0.1) is 0 Å². The van der Waals surface area contributed by atoms with Crippen molar-refractivity contribution >= 4 is 28.3 Å². The van der Waals surface area contributed by atoms with E-state index >= 15 is 0 Å². The predicted molar refractivity (Wildman–Crippen MR) is 81.7 cm³/mol. The molecule has 0 amide bonds. The first-order chi connectivity index (χ1) is 10.7. The fourth-order valence-electron chi connectivity index (χ4n) is 3.14. The Kier molecular flexibility index (Phi) is 2.18. The topological polar surface area (TPSA) is 48.4 Å². The van der Waals surface area contributed by atoms with Crippen LogP contribution in [0.5, 0.6) is 11.5 Å². The second-order valence-corrected chi connectivity index (χ2v) is 5.61. The minimum Gasteiger partial charge on any atom is -0.454 e. The molecule has 22 heavy (non-hydrogen) atoms. The summed E-state index contributed by atoms with van der Waals surface area (Å²) in [6, 6.07) is 11.2. The Morgan fingerprint density at radius 3 is 2.55 bits per heavy atom. The van der Waals surface area contributed by atoms with Crippen LogP contribution in [0.15, 0.2) is 36.4 Å². The lowest BCUT2D eigenvalue weighted by Gasteiger charge is -2.07. The predicted octanol–water partition coefficient (Wildman–Crippen LogP) is 3.83. The van der Waals surface area contributed by atoms with Gasteiger partial charge in [-0.3, -0.25) is 4.79 Å². The molecule has 3 aromatic rings. The maximum Gasteiger partial charge on any atom is 0.231 e. The number of carbonyl (C=O) groups is 1. The van der Waals surface area contributed by atoms with Crippen molar-refractivity contribution in [2.75, 3.05) is 6.79 Å². The zero-order chi connectivity index (χ0) is 14.8. The van der Waals surface area contributed by atoms with Crippen LogP contribution in [0.1, 0.15) is 15.9 Å². The first kappa shape index (κ1) is 12.0. The van der Waals surface area contributed by atoms with Gasteiger partial charge in [0.15, 0.2) is 17.3 Å². The number of aromatic nitrogens is 1. The minimum absolute atomic E-state index is 0.119. The highest BCUT2D eigenvalue weighted by Crippen LogP contribution is 2.48. The molecule has 1 aliphatic carbocycles. The number of hydrogen-bond acceptors (Lipinski definition) is 4. The van der Waals surface area contributed by atoms with Gasteiger partial charge in [0.1, 0.15) is 5.15 Å². The van der Waals surface area contributed by atoms with E-state index in [2.05, 4.69) is 4.98 Å². The maximum atomic E-state index is 12.7. The minimum atomic E-state index is -0.119. The molecule has 0 unspecified atom stereocenters. The van der Waals surface area contributed by atoms with Crippen LogP contribution in [-0.4, -0.2) is 17.6 Å². The monoisotopic (exact) mass is 309 g/mol. The van der Waals surface area contributed by atoms with E-state index < -0.39 is 0 Å². The highest BCUT2D eigenvalue weighted by molar-refractivity contribution is 6.38. The molecule has 0 fully saturated rings. The van der Waals surface area contributed by atoms with Gasteiger partial charge in [0.2, 0.25) is 6.79 Å². The summed E-state index contributed by atoms with van der Waals surface area (Å²) in [4.78, 5) is 17.1. The summed E-state index contributed by atoms with van der Waals surface area (Å²) in [5.41, 5.74) is 3.46. The third-order valence-electron chi connectivity index (χ3n) is 4.10. The maximum absolute atomic E-state index is 12.7. The SMILES string of the molecule is O=C1c2cc3c(cc2-c2c1c(Cl)nc1ccccc21)OCO3. The molecule has 0 radical (unpaired) electrons. The molecule has 5 rings (SSSR count). The lowest BCUT2D eigenvalue weighted by atomic mass is 10.0. The summed E-state index contributed by atoms with van der Waals surface area (Å²) in [6.07, 6.45) is 0. The zero-order valence-electron chi connectivity index (χ0n) is 11.2. The molecule has 1 aliphatic heterocycles. The van der Waals surface area contributed by atoms with Crippen molar-refractivity contribution in [2.45, 2.75) is 0 Å². The van der Waals surface area contributed by atoms with Gasteiger partial charge >= 0.3 is 0 Å². The number of nitrogens with zero attached hydrogens (tertiary/aromatic N) is 1. The largest absolute Gasteiger partial charge is 0.454 e. The number of rotatable bonds is 0. The Morgan fingerprint density at radius 2 is 1.73 bits per heavy atom. The van der Waals surface area contributed by atoms with Crippen LogP contribution in [0.3, 0.4) is 0 Å². The van der Waals surface area contributed by atoms with E-state index in [9.17, 15) is 4.79 Å². The van der Waals surface area contributed by atoms with E-state index in [0.29, 0.717) is 22.6 Å². The van der Waals surface area contributed by atoms with E-state index in [0.717, 1.165) is 22.0 Å². The van der Waals surface area contributed by atoms with Crippen molar-refractivity contribution in [3.8, 4) is 22.6 Å². The van der Waals surface area contributed by atoms with Gasteiger partial charge in [0.25, 0.3) is 0 Å². The van der Waals surface area contributed by atoms with Crippen molar-refractivity contribution < 1.29 is 14.3 Å². The normalized spacial score (nSPS) is 14.3. The number of ether oxygens (including phenoxy) is 2. The average Bonchev–Trinajstić information content (AvgIpc) is 3.09. The second-order valence-electron chi connectivity index (χ2n) is 5.25. The number of pyridine rings is 1. The summed E-state index contributed by atoms with van der Waals surface area (Å²) in [7, 11) is 0. The molecular formula is C17H8ClNO3. The number of fused-ring (bicyclic) bond motifs is 6. The average molecular weight is 310 g/mol. The first-order valence-electron chi connectivity index (χ1n) is 6.81. The van der Waals surface area contributed by atoms with Gasteiger partial charge in [-0.1, -0.05) is 29.8 Å². The Balaban J connectivity index is 1.95. The van der Waals surface area contributed by atoms with Crippen molar-refractivity contribution in [2.24, 2.45) is 0 Å². The van der Waals surface area contributed by atoms with Gasteiger partial charge in [-0.25, -0.2) is 4.98 Å². The van der Waals surface area contributed by atoms with Gasteiger partial charge < -0.3 is 9.47 Å². The van der Waals surface area contributed by atoms with Gasteiger partial charge in [0.05, 0.1) is 11.1 Å². The number of benzene rings is 2. The van der Waals surface area contributed by atoms with Gasteiger partial charge in [0, 0.05) is 16.5 Å². The first-order valence-corrected chi connectivity index (χ1v) is 7.19. The molecular weight excluding hydrogens is 302 g/mol. The summed E-state index contributed by atoms with van der Waals surface area (Å²) < 4.78 is 10.8. The zero-order valence-corrected chi connectivity index (χ0v) is 12.0. The Bertz CT molecular complexity index is 997. The van der Waals surface area contributed by atoms with E-state index in [-0.39, 0.29) is 17.7 Å². The lowest BCUT2D eigenvalue weighted by Crippen LogP contribution is -1.98. The van der Waals surface area contributed by atoms with Crippen LogP contribution in [0.25, 0.3) is 22.0 Å². The Labute approximate surface area is 130 Å². The van der Waals surface area contributed by atoms with Gasteiger partial charge in [-0.2, -0.15) is 0 Å². The molecule has 0 spiro atoms. The molecule has 4 nitrogen and oxygen atoms in total. The number of halogens is 1. The van der Waals surface area contributed by atoms with Gasteiger partial charge in [-0.05, 0) is 23.8 Å². The number of ketones is 1. The number of carbonyl (C=O) groups excluding carboxylic acids is 1. The van der Waals surface area contributed by atoms with Crippen molar-refractivity contribution in [3.05, 3.63) is 52.7 Å². The quantitative estimate of drug-likeness (QED) is 0.463. The third kappa shape index (κ3) is 1.37. The van der Waals surface area contributed by atoms with Crippen LogP contribution in [0.2, 0.25) is 5.15 Å². The molecule has 0 saturated carbocycles. The second kappa shape index (κ2) is 3.99. The highest BCUT2D eigenvalue weighted by atomic mass is 35.5. The number of hydrogen-bond donors (Lipinski definition) is 0. The van der Waals surface area contributed by atoms with Crippen molar-refractivity contribution in [1.82, 2.24) is 4.98 Å².